The highest BCUT2D eigenvalue weighted by atomic mass is 16.5. The molecule has 1 N–H and O–H groups in total. The van der Waals surface area contributed by atoms with E-state index in [-0.39, 0.29) is 30.2 Å². The van der Waals surface area contributed by atoms with E-state index in [2.05, 4.69) is 19.2 Å². The lowest BCUT2D eigenvalue weighted by molar-refractivity contribution is -0.138. The normalized spacial score (nSPS) is 12.0. The van der Waals surface area contributed by atoms with Gasteiger partial charge in [-0.05, 0) is 48.7 Å². The Kier molecular flexibility index (Phi) is 7.84. The minimum Gasteiger partial charge on any atom is -0.459 e. The molecule has 2 aromatic rings. The summed E-state index contributed by atoms with van der Waals surface area (Å²) in [5, 5.41) is 2.85. The molecule has 0 aliphatic carbocycles. The lowest BCUT2D eigenvalue weighted by atomic mass is 10.0. The Morgan fingerprint density at radius 3 is 2.45 bits per heavy atom. The summed E-state index contributed by atoms with van der Waals surface area (Å²) in [4.78, 5) is 28.8. The van der Waals surface area contributed by atoms with Crippen LogP contribution in [0, 0.1) is 5.92 Å². The Morgan fingerprint density at radius 1 is 1.17 bits per heavy atom. The second kappa shape index (κ2) is 10.1. The maximum absolute atomic E-state index is 12.7. The van der Waals surface area contributed by atoms with Crippen molar-refractivity contribution in [3.05, 3.63) is 47.9 Å². The molecule has 1 aromatic heterocycles. The highest BCUT2D eigenvalue weighted by Gasteiger charge is 2.24. The summed E-state index contributed by atoms with van der Waals surface area (Å²) in [6.45, 7) is 6.66. The Bertz CT molecular complexity index is 815. The average Bonchev–Trinajstić information content (AvgIpc) is 3.20. The zero-order valence-electron chi connectivity index (χ0n) is 18.1. The zero-order chi connectivity index (χ0) is 21.6. The van der Waals surface area contributed by atoms with Gasteiger partial charge in [-0.1, -0.05) is 13.8 Å². The van der Waals surface area contributed by atoms with Crippen LogP contribution in [0.15, 0.2) is 41.0 Å². The van der Waals surface area contributed by atoms with Gasteiger partial charge in [0.25, 0.3) is 5.91 Å². The van der Waals surface area contributed by atoms with Crippen LogP contribution in [-0.4, -0.2) is 50.6 Å². The molecule has 0 bridgehead atoms. The number of hydrogen-bond donors (Lipinski definition) is 1. The Balaban J connectivity index is 2.33. The third kappa shape index (κ3) is 5.84. The van der Waals surface area contributed by atoms with Crippen LogP contribution in [-0.2, 0) is 16.1 Å². The number of amides is 2. The maximum atomic E-state index is 12.7. The summed E-state index contributed by atoms with van der Waals surface area (Å²) in [6, 6.07) is 8.99. The molecule has 0 saturated carbocycles. The number of nitrogens with one attached hydrogen (secondary N) is 1. The van der Waals surface area contributed by atoms with Gasteiger partial charge in [-0.2, -0.15) is 0 Å². The van der Waals surface area contributed by atoms with Crippen molar-refractivity contribution < 1.29 is 18.7 Å². The quantitative estimate of drug-likeness (QED) is 0.695. The summed E-state index contributed by atoms with van der Waals surface area (Å²) in [7, 11) is 5.42. The van der Waals surface area contributed by atoms with Gasteiger partial charge in [0, 0.05) is 45.2 Å². The minimum absolute atomic E-state index is 0.0310. The van der Waals surface area contributed by atoms with E-state index in [4.69, 9.17) is 9.15 Å². The zero-order valence-corrected chi connectivity index (χ0v) is 18.1. The van der Waals surface area contributed by atoms with Crippen LogP contribution in [0.2, 0.25) is 0 Å². The van der Waals surface area contributed by atoms with Crippen LogP contribution in [0.5, 0.6) is 0 Å². The molecule has 2 amide bonds. The fourth-order valence-corrected chi connectivity index (χ4v) is 3.04. The molecule has 0 saturated heterocycles. The SMILES string of the molecule is COCC(=O)N(Cc1cc(NC(=O)c2ccco2)ccc1N(C)C)[C@H](C)C(C)C. The molecule has 0 aliphatic heterocycles. The fourth-order valence-electron chi connectivity index (χ4n) is 3.04. The summed E-state index contributed by atoms with van der Waals surface area (Å²) < 4.78 is 10.2. The Labute approximate surface area is 172 Å². The van der Waals surface area contributed by atoms with Gasteiger partial charge < -0.3 is 24.3 Å². The van der Waals surface area contributed by atoms with Crippen molar-refractivity contribution in [3.8, 4) is 0 Å². The molecular weight excluding hydrogens is 370 g/mol. The van der Waals surface area contributed by atoms with E-state index in [1.165, 1.54) is 13.4 Å². The molecule has 0 radical (unpaired) electrons. The summed E-state index contributed by atoms with van der Waals surface area (Å²) in [5.74, 6) is 0.152. The van der Waals surface area contributed by atoms with Crippen LogP contribution in [0.4, 0.5) is 11.4 Å². The molecule has 1 atom stereocenters. The smallest absolute Gasteiger partial charge is 0.291 e. The van der Waals surface area contributed by atoms with Crippen molar-refractivity contribution in [2.75, 3.05) is 38.0 Å². The van der Waals surface area contributed by atoms with E-state index in [1.807, 2.05) is 49.0 Å². The first kappa shape index (κ1) is 22.5. The number of benzene rings is 1. The predicted octanol–water partition coefficient (Wildman–Crippen LogP) is 3.62. The van der Waals surface area contributed by atoms with Crippen LogP contribution in [0.3, 0.4) is 0 Å². The monoisotopic (exact) mass is 401 g/mol. The average molecular weight is 402 g/mol. The van der Waals surface area contributed by atoms with Crippen molar-refractivity contribution in [1.82, 2.24) is 4.90 Å². The van der Waals surface area contributed by atoms with E-state index >= 15 is 0 Å². The van der Waals surface area contributed by atoms with Gasteiger partial charge >= 0.3 is 0 Å². The Morgan fingerprint density at radius 2 is 1.90 bits per heavy atom. The van der Waals surface area contributed by atoms with Crippen molar-refractivity contribution in [1.29, 1.82) is 0 Å². The van der Waals surface area contributed by atoms with Gasteiger partial charge in [-0.15, -0.1) is 0 Å². The highest BCUT2D eigenvalue weighted by molar-refractivity contribution is 6.02. The second-order valence-electron chi connectivity index (χ2n) is 7.61. The molecular formula is C22H31N3O4. The molecule has 7 heteroatoms. The molecule has 29 heavy (non-hydrogen) atoms. The van der Waals surface area contributed by atoms with Crippen LogP contribution >= 0.6 is 0 Å². The van der Waals surface area contributed by atoms with E-state index in [0.717, 1.165) is 11.3 Å². The third-order valence-corrected chi connectivity index (χ3v) is 4.95. The number of hydrogen-bond acceptors (Lipinski definition) is 5. The molecule has 0 aliphatic rings. The van der Waals surface area contributed by atoms with Gasteiger partial charge in [0.1, 0.15) is 6.61 Å². The summed E-state index contributed by atoms with van der Waals surface area (Å²) in [5.41, 5.74) is 2.56. The fraction of sp³-hybridized carbons (Fsp3) is 0.455. The number of ether oxygens (including phenoxy) is 1. The Hall–Kier alpha value is -2.80. The molecule has 0 fully saturated rings. The number of nitrogens with zero attached hydrogens (tertiary/aromatic N) is 2. The highest BCUT2D eigenvalue weighted by Crippen LogP contribution is 2.26. The number of furan rings is 1. The molecule has 0 unspecified atom stereocenters. The number of carbonyl (C=O) groups is 2. The third-order valence-electron chi connectivity index (χ3n) is 4.95. The first-order valence-corrected chi connectivity index (χ1v) is 9.68. The standard InChI is InChI=1S/C22H31N3O4/c1-15(2)16(3)25(21(26)14-28-6)13-17-12-18(9-10-19(17)24(4)5)23-22(27)20-8-7-11-29-20/h7-12,15-16H,13-14H2,1-6H3,(H,23,27)/t16-/m1/s1. The lowest BCUT2D eigenvalue weighted by Crippen LogP contribution is -2.43. The van der Waals surface area contributed by atoms with Gasteiger partial charge in [-0.25, -0.2) is 0 Å². The van der Waals surface area contributed by atoms with Gasteiger partial charge in [-0.3, -0.25) is 9.59 Å². The van der Waals surface area contributed by atoms with Crippen molar-refractivity contribution in [2.45, 2.75) is 33.4 Å². The van der Waals surface area contributed by atoms with E-state index in [1.54, 1.807) is 12.1 Å². The van der Waals surface area contributed by atoms with E-state index < -0.39 is 0 Å². The van der Waals surface area contributed by atoms with Crippen molar-refractivity contribution in [3.63, 3.8) is 0 Å². The van der Waals surface area contributed by atoms with Gasteiger partial charge in [0.15, 0.2) is 5.76 Å². The first-order valence-electron chi connectivity index (χ1n) is 9.68. The minimum atomic E-state index is -0.318. The maximum Gasteiger partial charge on any atom is 0.291 e. The van der Waals surface area contributed by atoms with Crippen LogP contribution in [0.25, 0.3) is 0 Å². The van der Waals surface area contributed by atoms with E-state index in [9.17, 15) is 9.59 Å². The molecule has 2 rings (SSSR count). The van der Waals surface area contributed by atoms with Crippen LogP contribution < -0.4 is 10.2 Å². The van der Waals surface area contributed by atoms with Crippen LogP contribution in [0.1, 0.15) is 36.9 Å². The van der Waals surface area contributed by atoms with E-state index in [0.29, 0.717) is 18.2 Å². The van der Waals surface area contributed by atoms with Gasteiger partial charge in [0.2, 0.25) is 5.91 Å². The second-order valence-corrected chi connectivity index (χ2v) is 7.61. The molecule has 158 valence electrons. The summed E-state index contributed by atoms with van der Waals surface area (Å²) in [6.07, 6.45) is 1.46. The molecule has 7 nitrogen and oxygen atoms in total. The molecule has 1 aromatic carbocycles. The molecule has 0 spiro atoms. The predicted molar refractivity (Wildman–Crippen MR) is 114 cm³/mol. The largest absolute Gasteiger partial charge is 0.459 e. The molecule has 1 heterocycles. The van der Waals surface area contributed by atoms with Crippen molar-refractivity contribution >= 4 is 23.2 Å². The topological polar surface area (TPSA) is 75.0 Å². The number of carbonyl (C=O) groups excluding carboxylic acids is 2. The lowest BCUT2D eigenvalue weighted by Gasteiger charge is -2.33. The first-order chi connectivity index (χ1) is 13.7. The summed E-state index contributed by atoms with van der Waals surface area (Å²) >= 11 is 0. The number of rotatable bonds is 9. The number of anilines is 2. The van der Waals surface area contributed by atoms with Gasteiger partial charge in [0.05, 0.1) is 6.26 Å². The van der Waals surface area contributed by atoms with Crippen molar-refractivity contribution in [2.24, 2.45) is 5.92 Å². The number of methoxy groups -OCH3 is 1.